The third kappa shape index (κ3) is 3.33. The van der Waals surface area contributed by atoms with Gasteiger partial charge in [-0.25, -0.2) is 0 Å². The van der Waals surface area contributed by atoms with E-state index in [0.717, 1.165) is 19.3 Å². The van der Waals surface area contributed by atoms with Crippen LogP contribution in [0.3, 0.4) is 0 Å². The molecule has 3 unspecified atom stereocenters. The molecule has 6 nitrogen and oxygen atoms in total. The second-order valence-electron chi connectivity index (χ2n) is 6.34. The summed E-state index contributed by atoms with van der Waals surface area (Å²) in [4.78, 5) is 1.98. The molecule has 0 spiro atoms. The van der Waals surface area contributed by atoms with E-state index in [1.807, 2.05) is 25.9 Å². The molecule has 0 radical (unpaired) electrons. The molecule has 2 rings (SSSR count). The first kappa shape index (κ1) is 16.2. The minimum Gasteiger partial charge on any atom is -0.392 e. The average Bonchev–Trinajstić information content (AvgIpc) is 2.70. The highest BCUT2D eigenvalue weighted by Gasteiger charge is 2.43. The maximum Gasteiger partial charge on any atom is 0.282 e. The van der Waals surface area contributed by atoms with E-state index in [0.29, 0.717) is 19.5 Å². The second-order valence-corrected chi connectivity index (χ2v) is 8.17. The molecule has 0 saturated carbocycles. The summed E-state index contributed by atoms with van der Waals surface area (Å²) < 4.78 is 28.9. The molecular weight excluding hydrogens is 278 g/mol. The number of hydrogen-bond donors (Lipinski definition) is 1. The molecule has 0 amide bonds. The Morgan fingerprint density at radius 2 is 1.95 bits per heavy atom. The van der Waals surface area contributed by atoms with Crippen molar-refractivity contribution in [2.75, 3.05) is 33.7 Å². The maximum absolute atomic E-state index is 12.9. The molecule has 0 aromatic carbocycles. The summed E-state index contributed by atoms with van der Waals surface area (Å²) in [7, 11) is 0.401. The van der Waals surface area contributed by atoms with E-state index in [4.69, 9.17) is 0 Å². The highest BCUT2D eigenvalue weighted by Crippen LogP contribution is 2.28. The van der Waals surface area contributed by atoms with Crippen molar-refractivity contribution in [3.63, 3.8) is 0 Å². The fourth-order valence-electron chi connectivity index (χ4n) is 3.28. The first-order chi connectivity index (χ1) is 9.32. The number of aliphatic hydroxyl groups is 1. The molecule has 2 aliphatic heterocycles. The van der Waals surface area contributed by atoms with Gasteiger partial charge >= 0.3 is 0 Å². The third-order valence-electron chi connectivity index (χ3n) is 4.25. The molecular formula is C13H27N3O3S. The quantitative estimate of drug-likeness (QED) is 0.800. The molecule has 2 aliphatic rings. The molecule has 3 atom stereocenters. The Labute approximate surface area is 122 Å². The molecule has 2 fully saturated rings. The highest BCUT2D eigenvalue weighted by molar-refractivity contribution is 7.86. The zero-order chi connectivity index (χ0) is 14.9. The van der Waals surface area contributed by atoms with E-state index in [1.54, 1.807) is 4.31 Å². The van der Waals surface area contributed by atoms with E-state index in [2.05, 4.69) is 0 Å². The van der Waals surface area contributed by atoms with Crippen molar-refractivity contribution in [2.45, 2.75) is 50.8 Å². The van der Waals surface area contributed by atoms with Gasteiger partial charge in [-0.1, -0.05) is 6.42 Å². The molecule has 2 saturated heterocycles. The van der Waals surface area contributed by atoms with E-state index >= 15 is 0 Å². The van der Waals surface area contributed by atoms with Gasteiger partial charge in [-0.15, -0.1) is 0 Å². The minimum atomic E-state index is -3.46. The van der Waals surface area contributed by atoms with Crippen LogP contribution in [0.4, 0.5) is 0 Å². The number of nitrogens with zero attached hydrogens (tertiary/aromatic N) is 3. The Kier molecular flexibility index (Phi) is 5.07. The summed E-state index contributed by atoms with van der Waals surface area (Å²) in [6.07, 6.45) is 2.93. The molecule has 7 heteroatoms. The predicted octanol–water partition coefficient (Wildman–Crippen LogP) is 0.102. The SMILES string of the molecule is CC1CCCCN1S(=O)(=O)N1CC(O)CC1CN(C)C. The van der Waals surface area contributed by atoms with Crippen LogP contribution >= 0.6 is 0 Å². The zero-order valence-electron chi connectivity index (χ0n) is 12.7. The number of aliphatic hydroxyl groups excluding tert-OH is 1. The molecule has 0 aromatic heterocycles. The van der Waals surface area contributed by atoms with Crippen molar-refractivity contribution in [1.29, 1.82) is 0 Å². The zero-order valence-corrected chi connectivity index (χ0v) is 13.5. The van der Waals surface area contributed by atoms with Gasteiger partial charge in [-0.3, -0.25) is 0 Å². The van der Waals surface area contributed by atoms with Gasteiger partial charge in [-0.2, -0.15) is 17.0 Å². The molecule has 20 heavy (non-hydrogen) atoms. The van der Waals surface area contributed by atoms with Crippen molar-refractivity contribution in [3.05, 3.63) is 0 Å². The van der Waals surface area contributed by atoms with Gasteiger partial charge in [0, 0.05) is 31.7 Å². The maximum atomic E-state index is 12.9. The second kappa shape index (κ2) is 6.27. The van der Waals surface area contributed by atoms with Crippen molar-refractivity contribution >= 4 is 10.2 Å². The van der Waals surface area contributed by atoms with Crippen LogP contribution in [-0.4, -0.2) is 79.0 Å². The number of hydrogen-bond acceptors (Lipinski definition) is 4. The number of piperidine rings is 1. The van der Waals surface area contributed by atoms with Crippen molar-refractivity contribution < 1.29 is 13.5 Å². The normalized spacial score (nSPS) is 34.0. The van der Waals surface area contributed by atoms with Crippen LogP contribution in [0.1, 0.15) is 32.6 Å². The summed E-state index contributed by atoms with van der Waals surface area (Å²) >= 11 is 0. The summed E-state index contributed by atoms with van der Waals surface area (Å²) in [5.41, 5.74) is 0. The van der Waals surface area contributed by atoms with Crippen LogP contribution in [0.15, 0.2) is 0 Å². The summed E-state index contributed by atoms with van der Waals surface area (Å²) in [6, 6.07) is -0.0642. The lowest BCUT2D eigenvalue weighted by Gasteiger charge is -2.37. The van der Waals surface area contributed by atoms with Gasteiger partial charge in [0.15, 0.2) is 0 Å². The summed E-state index contributed by atoms with van der Waals surface area (Å²) in [5, 5.41) is 9.87. The average molecular weight is 305 g/mol. The topological polar surface area (TPSA) is 64.1 Å². The van der Waals surface area contributed by atoms with Crippen LogP contribution in [0, 0.1) is 0 Å². The first-order valence-corrected chi connectivity index (χ1v) is 8.83. The largest absolute Gasteiger partial charge is 0.392 e. The predicted molar refractivity (Wildman–Crippen MR) is 78.6 cm³/mol. The van der Waals surface area contributed by atoms with Crippen LogP contribution < -0.4 is 0 Å². The van der Waals surface area contributed by atoms with Crippen molar-refractivity contribution in [1.82, 2.24) is 13.5 Å². The van der Waals surface area contributed by atoms with E-state index in [1.165, 1.54) is 4.31 Å². The van der Waals surface area contributed by atoms with Gasteiger partial charge < -0.3 is 10.0 Å². The number of β-amino-alcohol motifs (C(OH)–C–C–N with tert-alkyl or cyclic N) is 1. The van der Waals surface area contributed by atoms with Crippen molar-refractivity contribution in [2.24, 2.45) is 0 Å². The van der Waals surface area contributed by atoms with Crippen LogP contribution in [0.25, 0.3) is 0 Å². The Bertz CT molecular complexity index is 427. The standard InChI is InChI=1S/C13H27N3O3S/c1-11-6-4-5-7-15(11)20(18,19)16-10-13(17)8-12(16)9-14(2)3/h11-13,17H,4-10H2,1-3H3. The highest BCUT2D eigenvalue weighted by atomic mass is 32.2. The van der Waals surface area contributed by atoms with E-state index in [-0.39, 0.29) is 18.6 Å². The van der Waals surface area contributed by atoms with E-state index in [9.17, 15) is 13.5 Å². The lowest BCUT2D eigenvalue weighted by Crippen LogP contribution is -2.52. The molecule has 118 valence electrons. The number of likely N-dealkylation sites (N-methyl/N-ethyl adjacent to an activating group) is 1. The van der Waals surface area contributed by atoms with Crippen LogP contribution in [-0.2, 0) is 10.2 Å². The lowest BCUT2D eigenvalue weighted by molar-refractivity contribution is 0.185. The fraction of sp³-hybridized carbons (Fsp3) is 1.00. The smallest absolute Gasteiger partial charge is 0.282 e. The van der Waals surface area contributed by atoms with Gasteiger partial charge in [0.2, 0.25) is 0 Å². The summed E-state index contributed by atoms with van der Waals surface area (Å²) in [5.74, 6) is 0. The molecule has 2 heterocycles. The number of rotatable bonds is 4. The van der Waals surface area contributed by atoms with Gasteiger partial charge in [0.1, 0.15) is 0 Å². The van der Waals surface area contributed by atoms with Crippen molar-refractivity contribution in [3.8, 4) is 0 Å². The molecule has 0 bridgehead atoms. The monoisotopic (exact) mass is 305 g/mol. The van der Waals surface area contributed by atoms with E-state index < -0.39 is 16.3 Å². The minimum absolute atomic E-state index is 0.0616. The fourth-order valence-corrected chi connectivity index (χ4v) is 5.36. The lowest BCUT2D eigenvalue weighted by atomic mass is 10.1. The first-order valence-electron chi connectivity index (χ1n) is 7.43. The molecule has 0 aromatic rings. The summed E-state index contributed by atoms with van der Waals surface area (Å²) in [6.45, 7) is 3.46. The van der Waals surface area contributed by atoms with Gasteiger partial charge in [-0.05, 0) is 40.3 Å². The Hall–Kier alpha value is -0.210. The molecule has 0 aliphatic carbocycles. The Morgan fingerprint density at radius 1 is 1.25 bits per heavy atom. The van der Waals surface area contributed by atoms with Gasteiger partial charge in [0.25, 0.3) is 10.2 Å². The Morgan fingerprint density at radius 3 is 2.55 bits per heavy atom. The van der Waals surface area contributed by atoms with Crippen LogP contribution in [0.2, 0.25) is 0 Å². The van der Waals surface area contributed by atoms with Crippen LogP contribution in [0.5, 0.6) is 0 Å². The Balaban J connectivity index is 2.18. The molecule has 1 N–H and O–H groups in total. The van der Waals surface area contributed by atoms with Gasteiger partial charge in [0.05, 0.1) is 6.10 Å². The third-order valence-corrected chi connectivity index (χ3v) is 6.43.